The van der Waals surface area contributed by atoms with Crippen LogP contribution < -0.4 is 29.4 Å². The maximum absolute atomic E-state index is 9.24. The van der Waals surface area contributed by atoms with Crippen LogP contribution >= 0.6 is 0 Å². The standard InChI is InChI=1S/C35H28N2.C32H25N3.C31H26N2/c1-36(35-21-11-15-28-14-8-9-20-34(28)35)30-22-24-32(25-23-30)37(31-17-6-3-7-18-31)33-19-10-16-29(26-33)27-12-4-2-5-13-27;1-34(32-14-8-9-25(23-32)24-33)28-19-21-31(22-20-28)35(29-12-6-3-7-13-29)30-17-15-27(16-18-30)26-10-4-2-5-11-26;1-32(27-15-7-3-8-16-27)28-20-22-30(23-21-28)33(29-17-9-4-10-18-29)31-19-11-14-26(24-31)25-12-5-2-6-13-25/h2-26H,1H3;2-23H,1H3;2-24H,1H3. The van der Waals surface area contributed by atoms with Crippen molar-refractivity contribution in [2.45, 2.75) is 0 Å². The summed E-state index contributed by atoms with van der Waals surface area (Å²) in [6.07, 6.45) is 0. The van der Waals surface area contributed by atoms with Crippen LogP contribution in [0.4, 0.5) is 85.3 Å². The van der Waals surface area contributed by atoms with Gasteiger partial charge in [0.15, 0.2) is 0 Å². The van der Waals surface area contributed by atoms with E-state index >= 15 is 0 Å². The third-order valence-corrected chi connectivity index (χ3v) is 18.8. The summed E-state index contributed by atoms with van der Waals surface area (Å²) in [6.45, 7) is 0. The predicted molar refractivity (Wildman–Crippen MR) is 445 cm³/mol. The minimum absolute atomic E-state index is 0.653. The number of anilines is 15. The monoisotopic (exact) mass is 1350 g/mol. The fourth-order valence-electron chi connectivity index (χ4n) is 13.3. The fourth-order valence-corrected chi connectivity index (χ4v) is 13.3. The van der Waals surface area contributed by atoms with Gasteiger partial charge in [-0.15, -0.1) is 0 Å². The summed E-state index contributed by atoms with van der Waals surface area (Å²) in [5, 5.41) is 11.7. The van der Waals surface area contributed by atoms with Gasteiger partial charge in [0, 0.05) is 112 Å². The van der Waals surface area contributed by atoms with E-state index in [9.17, 15) is 5.26 Å². The predicted octanol–water partition coefficient (Wildman–Crippen LogP) is 26.8. The molecule has 0 saturated carbocycles. The Bertz CT molecular complexity index is 5450. The molecule has 0 atom stereocenters. The van der Waals surface area contributed by atoms with Gasteiger partial charge in [-0.1, -0.05) is 243 Å². The molecule has 7 nitrogen and oxygen atoms in total. The van der Waals surface area contributed by atoms with Crippen LogP contribution in [0.1, 0.15) is 5.56 Å². The van der Waals surface area contributed by atoms with Gasteiger partial charge in [-0.3, -0.25) is 0 Å². The lowest BCUT2D eigenvalue weighted by molar-refractivity contribution is 1.20. The third kappa shape index (κ3) is 16.3. The quantitative estimate of drug-likeness (QED) is 0.0848. The number of benzene rings is 16. The Morgan fingerprint density at radius 1 is 0.190 bits per heavy atom. The van der Waals surface area contributed by atoms with E-state index in [0.717, 1.165) is 73.9 Å². The second-order valence-corrected chi connectivity index (χ2v) is 25.5. The van der Waals surface area contributed by atoms with Crippen LogP contribution in [0.25, 0.3) is 44.2 Å². The highest BCUT2D eigenvalue weighted by atomic mass is 15.2. The first-order chi connectivity index (χ1) is 51.8. The molecule has 0 aliphatic rings. The summed E-state index contributed by atoms with van der Waals surface area (Å²) in [5.41, 5.74) is 24.6. The Balaban J connectivity index is 0.000000133. The van der Waals surface area contributed by atoms with Gasteiger partial charge in [0.05, 0.1) is 11.6 Å². The van der Waals surface area contributed by atoms with Crippen molar-refractivity contribution in [3.8, 4) is 39.4 Å². The number of fused-ring (bicyclic) bond motifs is 1. The third-order valence-electron chi connectivity index (χ3n) is 18.8. The zero-order chi connectivity index (χ0) is 71.5. The van der Waals surface area contributed by atoms with Gasteiger partial charge in [0.1, 0.15) is 0 Å². The highest BCUT2D eigenvalue weighted by Crippen LogP contribution is 2.42. The van der Waals surface area contributed by atoms with E-state index in [1.807, 2.05) is 49.5 Å². The molecule has 0 amide bonds. The minimum Gasteiger partial charge on any atom is -0.345 e. The van der Waals surface area contributed by atoms with Crippen LogP contribution in [0, 0.1) is 11.3 Å². The Morgan fingerprint density at radius 3 is 0.876 bits per heavy atom. The normalized spacial score (nSPS) is 10.6. The molecule has 0 unspecified atom stereocenters. The van der Waals surface area contributed by atoms with E-state index in [1.54, 1.807) is 0 Å². The molecular formula is C98H79N7. The lowest BCUT2D eigenvalue weighted by Gasteiger charge is -2.27. The van der Waals surface area contributed by atoms with E-state index in [2.05, 4.69) is 432 Å². The first kappa shape index (κ1) is 68.2. The van der Waals surface area contributed by atoms with Crippen molar-refractivity contribution in [2.24, 2.45) is 0 Å². The lowest BCUT2D eigenvalue weighted by Crippen LogP contribution is -2.12. The Labute approximate surface area is 617 Å². The lowest BCUT2D eigenvalue weighted by atomic mass is 10.0. The molecule has 0 fully saturated rings. The number of hydrogen-bond acceptors (Lipinski definition) is 7. The molecule has 0 heterocycles. The smallest absolute Gasteiger partial charge is 0.0992 e. The van der Waals surface area contributed by atoms with Gasteiger partial charge in [0.25, 0.3) is 0 Å². The van der Waals surface area contributed by atoms with Crippen LogP contribution in [0.15, 0.2) is 425 Å². The van der Waals surface area contributed by atoms with E-state index in [0.29, 0.717) is 5.56 Å². The second-order valence-electron chi connectivity index (χ2n) is 25.5. The first-order valence-electron chi connectivity index (χ1n) is 35.4. The van der Waals surface area contributed by atoms with Crippen molar-refractivity contribution in [3.05, 3.63) is 430 Å². The average molecular weight is 1350 g/mol. The van der Waals surface area contributed by atoms with Gasteiger partial charge in [-0.05, 0) is 221 Å². The molecular weight excluding hydrogens is 1280 g/mol. The van der Waals surface area contributed by atoms with Crippen molar-refractivity contribution in [1.29, 1.82) is 5.26 Å². The van der Waals surface area contributed by atoms with Crippen molar-refractivity contribution in [3.63, 3.8) is 0 Å². The summed E-state index contributed by atoms with van der Waals surface area (Å²) >= 11 is 0. The molecule has 16 aromatic rings. The van der Waals surface area contributed by atoms with Crippen molar-refractivity contribution in [1.82, 2.24) is 0 Å². The average Bonchev–Trinajstić information content (AvgIpc) is 0.799. The minimum atomic E-state index is 0.653. The number of nitriles is 1. The van der Waals surface area contributed by atoms with Gasteiger partial charge < -0.3 is 29.4 Å². The van der Waals surface area contributed by atoms with Crippen LogP contribution in [0.3, 0.4) is 0 Å². The summed E-state index contributed by atoms with van der Waals surface area (Å²) in [7, 11) is 6.25. The zero-order valence-electron chi connectivity index (χ0n) is 59.0. The second kappa shape index (κ2) is 33.0. The van der Waals surface area contributed by atoms with Crippen LogP contribution in [0.2, 0.25) is 0 Å². The van der Waals surface area contributed by atoms with Crippen LogP contribution in [-0.2, 0) is 0 Å². The Hall–Kier alpha value is -13.9. The van der Waals surface area contributed by atoms with Gasteiger partial charge in [-0.2, -0.15) is 5.26 Å². The van der Waals surface area contributed by atoms with E-state index < -0.39 is 0 Å². The van der Waals surface area contributed by atoms with Crippen molar-refractivity contribution in [2.75, 3.05) is 50.5 Å². The maximum atomic E-state index is 9.24. The number of nitrogens with zero attached hydrogens (tertiary/aromatic N) is 7. The van der Waals surface area contributed by atoms with Crippen molar-refractivity contribution >= 4 is 96.1 Å². The molecule has 0 aliphatic heterocycles. The van der Waals surface area contributed by atoms with Crippen LogP contribution in [0.5, 0.6) is 0 Å². The van der Waals surface area contributed by atoms with Gasteiger partial charge in [-0.25, -0.2) is 0 Å². The maximum Gasteiger partial charge on any atom is 0.0992 e. The van der Waals surface area contributed by atoms with Crippen LogP contribution in [-0.4, -0.2) is 21.1 Å². The highest BCUT2D eigenvalue weighted by molar-refractivity contribution is 5.96. The van der Waals surface area contributed by atoms with Gasteiger partial charge >= 0.3 is 0 Å². The topological polar surface area (TPSA) is 43.2 Å². The molecule has 0 aliphatic carbocycles. The molecule has 506 valence electrons. The zero-order valence-corrected chi connectivity index (χ0v) is 59.0. The molecule has 16 aromatic carbocycles. The molecule has 0 N–H and O–H groups in total. The molecule has 0 radical (unpaired) electrons. The summed E-state index contributed by atoms with van der Waals surface area (Å²) in [4.78, 5) is 13.4. The Morgan fingerprint density at radius 2 is 0.448 bits per heavy atom. The van der Waals surface area contributed by atoms with E-state index in [1.165, 1.54) is 55.5 Å². The first-order valence-corrected chi connectivity index (χ1v) is 35.4. The SMILES string of the molecule is CN(c1ccc(N(c2ccccc2)c2ccc(-c3ccccc3)cc2)cc1)c1cccc(C#N)c1.CN(c1ccc(N(c2ccccc2)c2cccc(-c3ccccc3)c2)cc1)c1cccc2ccccc12.CN(c1ccccc1)c1ccc(N(c2ccccc2)c2cccc(-c3ccccc3)c2)cc1. The molecule has 0 aromatic heterocycles. The molecule has 7 heteroatoms. The van der Waals surface area contributed by atoms with Gasteiger partial charge in [0.2, 0.25) is 0 Å². The number of rotatable bonds is 18. The molecule has 0 saturated heterocycles. The fraction of sp³-hybridized carbons (Fsp3) is 0.0306. The largest absolute Gasteiger partial charge is 0.345 e. The number of hydrogen-bond donors (Lipinski definition) is 0. The molecule has 105 heavy (non-hydrogen) atoms. The van der Waals surface area contributed by atoms with E-state index in [-0.39, 0.29) is 0 Å². The molecule has 16 rings (SSSR count). The number of para-hydroxylation sites is 4. The Kier molecular flexibility index (Phi) is 21.5. The summed E-state index contributed by atoms with van der Waals surface area (Å²) in [6, 6.07) is 150. The summed E-state index contributed by atoms with van der Waals surface area (Å²) < 4.78 is 0. The molecule has 0 bridgehead atoms. The molecule has 0 spiro atoms. The van der Waals surface area contributed by atoms with Crippen molar-refractivity contribution < 1.29 is 0 Å². The summed E-state index contributed by atoms with van der Waals surface area (Å²) in [5.74, 6) is 0. The van der Waals surface area contributed by atoms with E-state index in [4.69, 9.17) is 0 Å². The highest BCUT2D eigenvalue weighted by Gasteiger charge is 2.19.